The molecule has 2 amide bonds. The number of aromatic nitrogens is 2. The molecule has 1 aliphatic rings. The number of methoxy groups -OCH3 is 1. The number of carbonyl (C=O) groups excluding carboxylic acids is 2. The van der Waals surface area contributed by atoms with Gasteiger partial charge in [-0.1, -0.05) is 31.4 Å². The van der Waals surface area contributed by atoms with Crippen molar-refractivity contribution in [3.8, 4) is 11.1 Å². The van der Waals surface area contributed by atoms with Gasteiger partial charge in [0.25, 0.3) is 11.8 Å². The molecule has 1 saturated heterocycles. The number of hydrogen-bond acceptors (Lipinski definition) is 4. The Morgan fingerprint density at radius 1 is 1.09 bits per heavy atom. The number of carbonyl (C=O) groups is 2. The second kappa shape index (κ2) is 13.2. The average molecular weight is 581 g/mol. The number of nitrogens with zero attached hydrogens (tertiary/aromatic N) is 3. The maximum Gasteiger partial charge on any atom is 0.253 e. The molecule has 222 valence electrons. The molecule has 5 rings (SSSR count). The molecule has 8 heteroatoms. The minimum atomic E-state index is -0.315. The van der Waals surface area contributed by atoms with Gasteiger partial charge in [0.1, 0.15) is 5.82 Å². The van der Waals surface area contributed by atoms with Crippen LogP contribution in [0.2, 0.25) is 0 Å². The summed E-state index contributed by atoms with van der Waals surface area (Å²) in [5.74, 6) is -0.0984. The van der Waals surface area contributed by atoms with Crippen molar-refractivity contribution in [2.45, 2.75) is 26.3 Å². The summed E-state index contributed by atoms with van der Waals surface area (Å²) < 4.78 is 21.1. The van der Waals surface area contributed by atoms with E-state index in [1.165, 1.54) is 12.1 Å². The van der Waals surface area contributed by atoms with Crippen molar-refractivity contribution in [1.29, 1.82) is 0 Å². The molecule has 0 radical (unpaired) electrons. The maximum absolute atomic E-state index is 14.1. The normalized spacial score (nSPS) is 13.7. The monoisotopic (exact) mass is 580 g/mol. The molecule has 1 N–H and O–H groups in total. The number of likely N-dealkylation sites (tertiary alicyclic amines) is 1. The van der Waals surface area contributed by atoms with E-state index in [1.54, 1.807) is 25.3 Å². The Bertz CT molecular complexity index is 1680. The summed E-state index contributed by atoms with van der Waals surface area (Å²) in [7, 11) is 1.60. The number of piperidine rings is 1. The second-order valence-electron chi connectivity index (χ2n) is 11.0. The first kappa shape index (κ1) is 29.9. The zero-order valence-corrected chi connectivity index (χ0v) is 24.7. The molecule has 1 aromatic heterocycles. The molecule has 4 aromatic rings. The zero-order chi connectivity index (χ0) is 30.5. The number of nitrogens with one attached hydrogen (secondary N) is 1. The first-order valence-electron chi connectivity index (χ1n) is 14.5. The Balaban J connectivity index is 1.22. The highest BCUT2D eigenvalue weighted by Gasteiger charge is 2.25. The van der Waals surface area contributed by atoms with Crippen LogP contribution in [0.1, 0.15) is 50.2 Å². The van der Waals surface area contributed by atoms with Gasteiger partial charge in [0.15, 0.2) is 0 Å². The number of ether oxygens (including phenoxy) is 1. The van der Waals surface area contributed by atoms with E-state index in [9.17, 15) is 14.0 Å². The quantitative estimate of drug-likeness (QED) is 0.221. The molecule has 0 unspecified atom stereocenters. The van der Waals surface area contributed by atoms with Crippen molar-refractivity contribution in [1.82, 2.24) is 20.0 Å². The summed E-state index contributed by atoms with van der Waals surface area (Å²) in [4.78, 5) is 28.0. The first-order valence-corrected chi connectivity index (χ1v) is 14.5. The number of amides is 2. The molecular formula is C35H37FN4O3. The topological polar surface area (TPSA) is 76.5 Å². The number of benzene rings is 3. The Kier molecular flexibility index (Phi) is 9.16. The van der Waals surface area contributed by atoms with Crippen LogP contribution in [0.25, 0.3) is 34.2 Å². The predicted octanol–water partition coefficient (Wildman–Crippen LogP) is 6.37. The van der Waals surface area contributed by atoms with Gasteiger partial charge in [-0.2, -0.15) is 5.10 Å². The van der Waals surface area contributed by atoms with Crippen LogP contribution in [0.5, 0.6) is 0 Å². The number of fused-ring (bicyclic) bond motifs is 1. The lowest BCUT2D eigenvalue weighted by Gasteiger charge is -2.32. The number of hydrogen-bond donors (Lipinski definition) is 1. The van der Waals surface area contributed by atoms with Gasteiger partial charge in [-0.15, -0.1) is 0 Å². The molecule has 1 fully saturated rings. The van der Waals surface area contributed by atoms with Crippen LogP contribution in [0, 0.1) is 18.7 Å². The summed E-state index contributed by atoms with van der Waals surface area (Å²) in [6, 6.07) is 14.1. The molecule has 0 atom stereocenters. The Morgan fingerprint density at radius 3 is 2.58 bits per heavy atom. The van der Waals surface area contributed by atoms with Crippen molar-refractivity contribution in [2.24, 2.45) is 5.92 Å². The lowest BCUT2D eigenvalue weighted by Crippen LogP contribution is -2.39. The van der Waals surface area contributed by atoms with E-state index in [0.29, 0.717) is 48.8 Å². The van der Waals surface area contributed by atoms with Crippen molar-refractivity contribution < 1.29 is 18.7 Å². The van der Waals surface area contributed by atoms with Crippen LogP contribution in [-0.4, -0.2) is 59.8 Å². The molecule has 0 bridgehead atoms. The van der Waals surface area contributed by atoms with Crippen LogP contribution in [0.3, 0.4) is 0 Å². The summed E-state index contributed by atoms with van der Waals surface area (Å²) in [6.07, 6.45) is 7.05. The predicted molar refractivity (Wildman–Crippen MR) is 169 cm³/mol. The van der Waals surface area contributed by atoms with Gasteiger partial charge in [0.05, 0.1) is 12.1 Å². The van der Waals surface area contributed by atoms with Crippen molar-refractivity contribution >= 4 is 34.9 Å². The average Bonchev–Trinajstić information content (AvgIpc) is 3.42. The van der Waals surface area contributed by atoms with E-state index < -0.39 is 0 Å². The number of aryl methyl sites for hydroxylation is 1. The third-order valence-electron chi connectivity index (χ3n) is 8.11. The van der Waals surface area contributed by atoms with Gasteiger partial charge < -0.3 is 15.0 Å². The SMILES string of the molecule is C=Cc1cc(F)cc(-c2ccc(C(=O)N3CCC(Cn4cc5c(C=C)c(C(=O)NCCOC)ccc5n4)CC3)cc2C)c1. The molecule has 0 saturated carbocycles. The van der Waals surface area contributed by atoms with E-state index in [0.717, 1.165) is 52.5 Å². The van der Waals surface area contributed by atoms with Crippen LogP contribution in [-0.2, 0) is 11.3 Å². The van der Waals surface area contributed by atoms with Gasteiger partial charge in [0.2, 0.25) is 0 Å². The van der Waals surface area contributed by atoms with E-state index in [2.05, 4.69) is 18.5 Å². The molecular weight excluding hydrogens is 543 g/mol. The van der Waals surface area contributed by atoms with E-state index in [-0.39, 0.29) is 17.6 Å². The van der Waals surface area contributed by atoms with Gasteiger partial charge in [-0.25, -0.2) is 4.39 Å². The van der Waals surface area contributed by atoms with E-state index in [1.807, 2.05) is 53.0 Å². The Hall–Kier alpha value is -4.56. The van der Waals surface area contributed by atoms with Gasteiger partial charge in [-0.05, 0) is 96.0 Å². The van der Waals surface area contributed by atoms with Crippen LogP contribution >= 0.6 is 0 Å². The molecule has 3 aromatic carbocycles. The van der Waals surface area contributed by atoms with Crippen LogP contribution < -0.4 is 5.32 Å². The summed E-state index contributed by atoms with van der Waals surface area (Å²) >= 11 is 0. The summed E-state index contributed by atoms with van der Waals surface area (Å²) in [6.45, 7) is 12.6. The van der Waals surface area contributed by atoms with Crippen LogP contribution in [0.4, 0.5) is 4.39 Å². The lowest BCUT2D eigenvalue weighted by molar-refractivity contribution is 0.0681. The highest BCUT2D eigenvalue weighted by Crippen LogP contribution is 2.29. The first-order chi connectivity index (χ1) is 20.8. The standard InChI is InChI=1S/C35H37FN4O3/c1-5-24-18-27(20-28(36)19-24)30-8-7-26(17-23(30)3)35(42)39-14-11-25(12-15-39)21-40-22-32-29(6-2)31(9-10-33(32)38-40)34(41)37-13-16-43-4/h5-10,17-20,22,25H,1-2,11-16,21H2,3-4H3,(H,37,41). The fourth-order valence-corrected chi connectivity index (χ4v) is 5.81. The fraction of sp³-hybridized carbons (Fsp3) is 0.286. The number of halogens is 1. The Labute approximate surface area is 251 Å². The minimum Gasteiger partial charge on any atom is -0.383 e. The molecule has 2 heterocycles. The van der Waals surface area contributed by atoms with E-state index >= 15 is 0 Å². The lowest BCUT2D eigenvalue weighted by atomic mass is 9.94. The highest BCUT2D eigenvalue weighted by atomic mass is 19.1. The number of rotatable bonds is 10. The smallest absolute Gasteiger partial charge is 0.253 e. The molecule has 43 heavy (non-hydrogen) atoms. The zero-order valence-electron chi connectivity index (χ0n) is 24.7. The second-order valence-corrected chi connectivity index (χ2v) is 11.0. The maximum atomic E-state index is 14.1. The van der Waals surface area contributed by atoms with Crippen molar-refractivity contribution in [3.63, 3.8) is 0 Å². The summed E-state index contributed by atoms with van der Waals surface area (Å²) in [5, 5.41) is 8.52. The van der Waals surface area contributed by atoms with Crippen molar-refractivity contribution in [3.05, 3.63) is 102 Å². The minimum absolute atomic E-state index is 0.0101. The van der Waals surface area contributed by atoms with Crippen molar-refractivity contribution in [2.75, 3.05) is 33.4 Å². The Morgan fingerprint density at radius 2 is 1.88 bits per heavy atom. The molecule has 1 aliphatic heterocycles. The molecule has 0 spiro atoms. The highest BCUT2D eigenvalue weighted by molar-refractivity contribution is 6.04. The largest absolute Gasteiger partial charge is 0.383 e. The third-order valence-corrected chi connectivity index (χ3v) is 8.11. The fourth-order valence-electron chi connectivity index (χ4n) is 5.81. The summed E-state index contributed by atoms with van der Waals surface area (Å²) in [5.41, 5.74) is 6.06. The van der Waals surface area contributed by atoms with Crippen LogP contribution in [0.15, 0.2) is 67.9 Å². The molecule has 0 aliphatic carbocycles. The molecule has 7 nitrogen and oxygen atoms in total. The van der Waals surface area contributed by atoms with Gasteiger partial charge >= 0.3 is 0 Å². The third kappa shape index (κ3) is 6.60. The van der Waals surface area contributed by atoms with Gasteiger partial charge in [-0.3, -0.25) is 14.3 Å². The van der Waals surface area contributed by atoms with E-state index in [4.69, 9.17) is 9.84 Å². The van der Waals surface area contributed by atoms with Gasteiger partial charge in [0, 0.05) is 56.0 Å².